The average Bonchev–Trinajstić information content (AvgIpc) is 2.94. The van der Waals surface area contributed by atoms with E-state index >= 15 is 0 Å². The van der Waals surface area contributed by atoms with Crippen LogP contribution in [0.3, 0.4) is 0 Å². The minimum Gasteiger partial charge on any atom is -0.486 e. The molecular formula is C13H15N3O2. The zero-order chi connectivity index (χ0) is 12.5. The van der Waals surface area contributed by atoms with Crippen molar-refractivity contribution < 1.29 is 9.84 Å². The van der Waals surface area contributed by atoms with Crippen molar-refractivity contribution in [3.8, 4) is 5.75 Å². The maximum absolute atomic E-state index is 9.73. The molecule has 0 saturated heterocycles. The van der Waals surface area contributed by atoms with E-state index in [1.54, 1.807) is 4.68 Å². The number of ether oxygens (including phenoxy) is 1. The SMILES string of the molecule is Cn1ncnc1COc1ccc2c(c1)CCC2O. The van der Waals surface area contributed by atoms with Crippen molar-refractivity contribution in [2.45, 2.75) is 25.6 Å². The predicted molar refractivity (Wildman–Crippen MR) is 65.1 cm³/mol. The maximum Gasteiger partial charge on any atom is 0.164 e. The van der Waals surface area contributed by atoms with Crippen LogP contribution in [-0.2, 0) is 20.1 Å². The third kappa shape index (κ3) is 1.97. The summed E-state index contributed by atoms with van der Waals surface area (Å²) in [5.74, 6) is 1.60. The Balaban J connectivity index is 1.73. The fraction of sp³-hybridized carbons (Fsp3) is 0.385. The van der Waals surface area contributed by atoms with Crippen LogP contribution in [0.1, 0.15) is 29.5 Å². The van der Waals surface area contributed by atoms with Gasteiger partial charge in [-0.1, -0.05) is 6.07 Å². The summed E-state index contributed by atoms with van der Waals surface area (Å²) in [6.45, 7) is 0.401. The van der Waals surface area contributed by atoms with Crippen LogP contribution in [0.4, 0.5) is 0 Å². The molecule has 0 radical (unpaired) electrons. The minimum atomic E-state index is -0.312. The van der Waals surface area contributed by atoms with Crippen molar-refractivity contribution in [1.82, 2.24) is 14.8 Å². The zero-order valence-corrected chi connectivity index (χ0v) is 10.2. The van der Waals surface area contributed by atoms with Gasteiger partial charge < -0.3 is 9.84 Å². The molecule has 0 spiro atoms. The van der Waals surface area contributed by atoms with Crippen LogP contribution in [0.2, 0.25) is 0 Å². The first kappa shape index (κ1) is 11.2. The number of hydrogen-bond donors (Lipinski definition) is 1. The molecule has 0 amide bonds. The van der Waals surface area contributed by atoms with Crippen LogP contribution < -0.4 is 4.74 Å². The van der Waals surface area contributed by atoms with Crippen LogP contribution >= 0.6 is 0 Å². The number of hydrogen-bond acceptors (Lipinski definition) is 4. The van der Waals surface area contributed by atoms with Crippen LogP contribution in [0, 0.1) is 0 Å². The van der Waals surface area contributed by atoms with Crippen LogP contribution in [0.25, 0.3) is 0 Å². The Hall–Kier alpha value is -1.88. The molecular weight excluding hydrogens is 230 g/mol. The Morgan fingerprint density at radius 3 is 3.17 bits per heavy atom. The Bertz CT molecular complexity index is 565. The van der Waals surface area contributed by atoms with E-state index in [0.29, 0.717) is 6.61 Å². The molecule has 1 aromatic heterocycles. The molecule has 5 heteroatoms. The van der Waals surface area contributed by atoms with E-state index in [9.17, 15) is 5.11 Å². The van der Waals surface area contributed by atoms with E-state index in [4.69, 9.17) is 4.74 Å². The quantitative estimate of drug-likeness (QED) is 0.887. The number of fused-ring (bicyclic) bond motifs is 1. The molecule has 94 valence electrons. The Morgan fingerprint density at radius 2 is 2.39 bits per heavy atom. The summed E-state index contributed by atoms with van der Waals surface area (Å²) in [5.41, 5.74) is 2.21. The Labute approximate surface area is 105 Å². The van der Waals surface area contributed by atoms with Gasteiger partial charge in [-0.25, -0.2) is 4.98 Å². The molecule has 1 N–H and O–H groups in total. The normalized spacial score (nSPS) is 17.8. The second kappa shape index (κ2) is 4.42. The van der Waals surface area contributed by atoms with Gasteiger partial charge in [0.1, 0.15) is 18.7 Å². The molecule has 1 aliphatic rings. The standard InChI is InChI=1S/C13H15N3O2/c1-16-13(14-8-15-16)7-18-10-3-4-11-9(6-10)2-5-12(11)17/h3-4,6,8,12,17H,2,5,7H2,1H3. The fourth-order valence-electron chi connectivity index (χ4n) is 2.26. The van der Waals surface area contributed by atoms with Gasteiger partial charge in [0.05, 0.1) is 6.10 Å². The van der Waals surface area contributed by atoms with Crippen molar-refractivity contribution in [3.63, 3.8) is 0 Å². The van der Waals surface area contributed by atoms with Crippen molar-refractivity contribution in [2.24, 2.45) is 7.05 Å². The summed E-state index contributed by atoms with van der Waals surface area (Å²) < 4.78 is 7.38. The molecule has 0 fully saturated rings. The van der Waals surface area contributed by atoms with E-state index in [1.165, 1.54) is 11.9 Å². The van der Waals surface area contributed by atoms with Gasteiger partial charge in [0.15, 0.2) is 5.82 Å². The van der Waals surface area contributed by atoms with Crippen LogP contribution in [0.5, 0.6) is 5.75 Å². The Kier molecular flexibility index (Phi) is 2.76. The number of aliphatic hydroxyl groups excluding tert-OH is 1. The highest BCUT2D eigenvalue weighted by atomic mass is 16.5. The number of rotatable bonds is 3. The molecule has 1 aromatic carbocycles. The minimum absolute atomic E-state index is 0.312. The highest BCUT2D eigenvalue weighted by Gasteiger charge is 2.20. The van der Waals surface area contributed by atoms with Gasteiger partial charge in [-0.2, -0.15) is 5.10 Å². The van der Waals surface area contributed by atoms with E-state index in [1.807, 2.05) is 25.2 Å². The summed E-state index contributed by atoms with van der Waals surface area (Å²) in [5, 5.41) is 13.7. The lowest BCUT2D eigenvalue weighted by molar-refractivity contribution is 0.180. The lowest BCUT2D eigenvalue weighted by atomic mass is 10.1. The molecule has 1 aliphatic carbocycles. The molecule has 18 heavy (non-hydrogen) atoms. The Morgan fingerprint density at radius 1 is 1.50 bits per heavy atom. The lowest BCUT2D eigenvalue weighted by Gasteiger charge is -2.08. The second-order valence-electron chi connectivity index (χ2n) is 4.50. The first-order valence-corrected chi connectivity index (χ1v) is 6.00. The van der Waals surface area contributed by atoms with E-state index < -0.39 is 0 Å². The number of aliphatic hydroxyl groups is 1. The molecule has 0 bridgehead atoms. The lowest BCUT2D eigenvalue weighted by Crippen LogP contribution is -2.04. The summed E-state index contributed by atoms with van der Waals surface area (Å²) in [4.78, 5) is 4.10. The van der Waals surface area contributed by atoms with Gasteiger partial charge in [0.2, 0.25) is 0 Å². The summed E-state index contributed by atoms with van der Waals surface area (Å²) >= 11 is 0. The molecule has 2 aromatic rings. The van der Waals surface area contributed by atoms with Crippen molar-refractivity contribution in [3.05, 3.63) is 41.5 Å². The molecule has 0 saturated carbocycles. The monoisotopic (exact) mass is 245 g/mol. The number of nitrogens with zero attached hydrogens (tertiary/aromatic N) is 3. The highest BCUT2D eigenvalue weighted by molar-refractivity contribution is 5.39. The third-order valence-corrected chi connectivity index (χ3v) is 3.33. The topological polar surface area (TPSA) is 60.2 Å². The molecule has 5 nitrogen and oxygen atoms in total. The molecule has 3 rings (SSSR count). The van der Waals surface area contributed by atoms with Gasteiger partial charge in [-0.3, -0.25) is 4.68 Å². The van der Waals surface area contributed by atoms with Gasteiger partial charge in [0, 0.05) is 7.05 Å². The predicted octanol–water partition coefficient (Wildman–Crippen LogP) is 1.37. The van der Waals surface area contributed by atoms with Crippen molar-refractivity contribution >= 4 is 0 Å². The first-order valence-electron chi connectivity index (χ1n) is 6.00. The fourth-order valence-corrected chi connectivity index (χ4v) is 2.26. The van der Waals surface area contributed by atoms with Gasteiger partial charge in [-0.15, -0.1) is 0 Å². The van der Waals surface area contributed by atoms with E-state index in [0.717, 1.165) is 30.0 Å². The maximum atomic E-state index is 9.73. The number of benzene rings is 1. The molecule has 1 atom stereocenters. The van der Waals surface area contributed by atoms with Crippen molar-refractivity contribution in [1.29, 1.82) is 0 Å². The number of aromatic nitrogens is 3. The molecule has 1 unspecified atom stereocenters. The molecule has 1 heterocycles. The number of aryl methyl sites for hydroxylation is 2. The summed E-state index contributed by atoms with van der Waals surface area (Å²) in [6.07, 6.45) is 2.92. The van der Waals surface area contributed by atoms with Gasteiger partial charge in [0.25, 0.3) is 0 Å². The average molecular weight is 245 g/mol. The van der Waals surface area contributed by atoms with E-state index in [2.05, 4.69) is 10.1 Å². The zero-order valence-electron chi connectivity index (χ0n) is 10.2. The third-order valence-electron chi connectivity index (χ3n) is 3.33. The van der Waals surface area contributed by atoms with Gasteiger partial charge >= 0.3 is 0 Å². The summed E-state index contributed by atoms with van der Waals surface area (Å²) in [6, 6.07) is 5.84. The van der Waals surface area contributed by atoms with Crippen LogP contribution in [-0.4, -0.2) is 19.9 Å². The van der Waals surface area contributed by atoms with Crippen LogP contribution in [0.15, 0.2) is 24.5 Å². The van der Waals surface area contributed by atoms with Crippen molar-refractivity contribution in [2.75, 3.05) is 0 Å². The smallest absolute Gasteiger partial charge is 0.164 e. The second-order valence-corrected chi connectivity index (χ2v) is 4.50. The largest absolute Gasteiger partial charge is 0.486 e. The van der Waals surface area contributed by atoms with Gasteiger partial charge in [-0.05, 0) is 36.1 Å². The first-order chi connectivity index (χ1) is 8.74. The highest BCUT2D eigenvalue weighted by Crippen LogP contribution is 2.33. The molecule has 0 aliphatic heterocycles. The summed E-state index contributed by atoms with van der Waals surface area (Å²) in [7, 11) is 1.84. The van der Waals surface area contributed by atoms with E-state index in [-0.39, 0.29) is 6.10 Å².